The summed E-state index contributed by atoms with van der Waals surface area (Å²) in [7, 11) is 0. The fourth-order valence-corrected chi connectivity index (χ4v) is 2.52. The Morgan fingerprint density at radius 2 is 2.05 bits per heavy atom. The third-order valence-corrected chi connectivity index (χ3v) is 3.85. The summed E-state index contributed by atoms with van der Waals surface area (Å²) in [5.41, 5.74) is 1.07. The molecule has 0 unspecified atom stereocenters. The molecular formula is C15H21ClN4. The molecule has 20 heavy (non-hydrogen) atoms. The summed E-state index contributed by atoms with van der Waals surface area (Å²) in [6, 6.07) is 7.68. The van der Waals surface area contributed by atoms with Gasteiger partial charge in [-0.2, -0.15) is 0 Å². The van der Waals surface area contributed by atoms with Crippen molar-refractivity contribution >= 4 is 23.3 Å². The van der Waals surface area contributed by atoms with E-state index < -0.39 is 0 Å². The molecular weight excluding hydrogens is 272 g/mol. The van der Waals surface area contributed by atoms with E-state index >= 15 is 0 Å². The van der Waals surface area contributed by atoms with E-state index in [-0.39, 0.29) is 6.04 Å². The summed E-state index contributed by atoms with van der Waals surface area (Å²) >= 11 is 5.90. The molecule has 3 N–H and O–H groups in total. The van der Waals surface area contributed by atoms with Crippen LogP contribution in [-0.4, -0.2) is 29.2 Å². The molecule has 0 spiro atoms. The first kappa shape index (κ1) is 15.0. The molecule has 4 nitrogen and oxygen atoms in total. The van der Waals surface area contributed by atoms with E-state index in [1.807, 2.05) is 31.2 Å². The second kappa shape index (κ2) is 6.86. The minimum Gasteiger partial charge on any atom is -0.313 e. The highest BCUT2D eigenvalue weighted by molar-refractivity contribution is 6.30. The quantitative estimate of drug-likeness (QED) is 0.589. The van der Waals surface area contributed by atoms with E-state index in [2.05, 4.69) is 5.32 Å². The average molecular weight is 293 g/mol. The zero-order valence-electron chi connectivity index (χ0n) is 11.7. The van der Waals surface area contributed by atoms with Crippen molar-refractivity contribution in [2.24, 2.45) is 0 Å². The average Bonchev–Trinajstić information content (AvgIpc) is 2.99. The van der Waals surface area contributed by atoms with Crippen LogP contribution in [0.4, 0.5) is 0 Å². The summed E-state index contributed by atoms with van der Waals surface area (Å²) in [6.07, 6.45) is 2.71. The molecule has 2 rings (SSSR count). The highest BCUT2D eigenvalue weighted by Crippen LogP contribution is 2.15. The maximum Gasteiger partial charge on any atom is 0.119 e. The van der Waals surface area contributed by atoms with E-state index in [1.54, 1.807) is 4.90 Å². The summed E-state index contributed by atoms with van der Waals surface area (Å²) in [5.74, 6) is 0.989. The molecule has 0 aromatic heterocycles. The molecule has 1 aliphatic heterocycles. The lowest BCUT2D eigenvalue weighted by Crippen LogP contribution is -2.45. The van der Waals surface area contributed by atoms with E-state index in [1.165, 1.54) is 0 Å². The second-order valence-electron chi connectivity index (χ2n) is 5.05. The summed E-state index contributed by atoms with van der Waals surface area (Å²) < 4.78 is 0. The van der Waals surface area contributed by atoms with Crippen LogP contribution >= 0.6 is 11.6 Å². The first-order valence-corrected chi connectivity index (χ1v) is 7.41. The Labute approximate surface area is 125 Å². The van der Waals surface area contributed by atoms with Crippen LogP contribution in [0.2, 0.25) is 5.02 Å². The van der Waals surface area contributed by atoms with Crippen LogP contribution in [0.1, 0.15) is 31.7 Å². The first-order chi connectivity index (χ1) is 9.61. The Morgan fingerprint density at radius 3 is 2.60 bits per heavy atom. The molecule has 1 heterocycles. The number of rotatable bonds is 4. The van der Waals surface area contributed by atoms with Gasteiger partial charge < -0.3 is 10.2 Å². The van der Waals surface area contributed by atoms with Gasteiger partial charge in [-0.15, -0.1) is 0 Å². The van der Waals surface area contributed by atoms with Gasteiger partial charge in [-0.05, 0) is 37.1 Å². The van der Waals surface area contributed by atoms with Crippen molar-refractivity contribution in [2.45, 2.75) is 38.8 Å². The third kappa shape index (κ3) is 3.58. The molecule has 0 aliphatic carbocycles. The van der Waals surface area contributed by atoms with Gasteiger partial charge in [0.15, 0.2) is 0 Å². The van der Waals surface area contributed by atoms with Gasteiger partial charge in [0.05, 0.1) is 12.6 Å². The van der Waals surface area contributed by atoms with E-state index in [0.29, 0.717) is 29.7 Å². The lowest BCUT2D eigenvalue weighted by atomic mass is 10.1. The van der Waals surface area contributed by atoms with Gasteiger partial charge in [-0.3, -0.25) is 10.8 Å². The van der Waals surface area contributed by atoms with Gasteiger partial charge in [-0.25, -0.2) is 0 Å². The standard InChI is InChI=1S/C15H21ClN4/c1-2-14(17)20(15(18)13-4-3-9-19-13)10-11-5-7-12(16)8-6-11/h5-8,13,17-19H,2-4,9-10H2,1H3/t13-/m1/s1. The summed E-state index contributed by atoms with van der Waals surface area (Å²) in [4.78, 5) is 1.80. The van der Waals surface area contributed by atoms with Crippen molar-refractivity contribution in [1.82, 2.24) is 10.2 Å². The first-order valence-electron chi connectivity index (χ1n) is 7.03. The zero-order valence-corrected chi connectivity index (χ0v) is 12.5. The highest BCUT2D eigenvalue weighted by atomic mass is 35.5. The van der Waals surface area contributed by atoms with Crippen LogP contribution in [0, 0.1) is 10.8 Å². The third-order valence-electron chi connectivity index (χ3n) is 3.60. The number of amidine groups is 2. The largest absolute Gasteiger partial charge is 0.313 e. The Kier molecular flexibility index (Phi) is 5.15. The van der Waals surface area contributed by atoms with Gasteiger partial charge in [0.2, 0.25) is 0 Å². The van der Waals surface area contributed by atoms with Gasteiger partial charge in [-0.1, -0.05) is 30.7 Å². The SMILES string of the molecule is CCC(=N)N(Cc1ccc(Cl)cc1)C(=N)[C@H]1CCCN1. The van der Waals surface area contributed by atoms with Crippen LogP contribution in [0.3, 0.4) is 0 Å². The van der Waals surface area contributed by atoms with Crippen LogP contribution < -0.4 is 5.32 Å². The van der Waals surface area contributed by atoms with Gasteiger partial charge in [0, 0.05) is 11.4 Å². The Morgan fingerprint density at radius 1 is 1.35 bits per heavy atom. The molecule has 0 bridgehead atoms. The summed E-state index contributed by atoms with van der Waals surface area (Å²) in [6.45, 7) is 3.47. The fraction of sp³-hybridized carbons (Fsp3) is 0.467. The molecule has 1 aliphatic rings. The molecule has 1 saturated heterocycles. The predicted molar refractivity (Wildman–Crippen MR) is 83.8 cm³/mol. The summed E-state index contributed by atoms with van der Waals surface area (Å²) in [5, 5.41) is 20.5. The molecule has 0 saturated carbocycles. The van der Waals surface area contributed by atoms with Crippen LogP contribution in [0.25, 0.3) is 0 Å². The highest BCUT2D eigenvalue weighted by Gasteiger charge is 2.25. The van der Waals surface area contributed by atoms with Gasteiger partial charge >= 0.3 is 0 Å². The van der Waals surface area contributed by atoms with Crippen molar-refractivity contribution < 1.29 is 0 Å². The predicted octanol–water partition coefficient (Wildman–Crippen LogP) is 3.26. The topological polar surface area (TPSA) is 63.0 Å². The molecule has 1 aromatic carbocycles. The number of nitrogens with one attached hydrogen (secondary N) is 3. The molecule has 1 aromatic rings. The number of nitrogens with zero attached hydrogens (tertiary/aromatic N) is 1. The van der Waals surface area contributed by atoms with Crippen molar-refractivity contribution in [1.29, 1.82) is 10.8 Å². The minimum atomic E-state index is 0.0780. The maximum atomic E-state index is 8.36. The lowest BCUT2D eigenvalue weighted by Gasteiger charge is -2.28. The van der Waals surface area contributed by atoms with Crippen LogP contribution in [-0.2, 0) is 6.54 Å². The van der Waals surface area contributed by atoms with E-state index in [4.69, 9.17) is 22.4 Å². The number of benzene rings is 1. The van der Waals surface area contributed by atoms with Crippen molar-refractivity contribution in [3.63, 3.8) is 0 Å². The Bertz CT molecular complexity index is 477. The lowest BCUT2D eigenvalue weighted by molar-refractivity contribution is 0.540. The molecule has 0 radical (unpaired) electrons. The minimum absolute atomic E-state index is 0.0780. The van der Waals surface area contributed by atoms with Gasteiger partial charge in [0.25, 0.3) is 0 Å². The van der Waals surface area contributed by atoms with Gasteiger partial charge in [0.1, 0.15) is 11.7 Å². The molecule has 5 heteroatoms. The van der Waals surface area contributed by atoms with Crippen LogP contribution in [0.15, 0.2) is 24.3 Å². The smallest absolute Gasteiger partial charge is 0.119 e. The molecule has 108 valence electrons. The Balaban J connectivity index is 2.12. The zero-order chi connectivity index (χ0) is 14.5. The van der Waals surface area contributed by atoms with Crippen molar-refractivity contribution in [3.05, 3.63) is 34.9 Å². The number of hydrogen-bond donors (Lipinski definition) is 3. The number of hydrogen-bond acceptors (Lipinski definition) is 3. The monoisotopic (exact) mass is 292 g/mol. The Hall–Kier alpha value is -1.39. The number of halogens is 1. The van der Waals surface area contributed by atoms with E-state index in [0.717, 1.165) is 24.9 Å². The van der Waals surface area contributed by atoms with E-state index in [9.17, 15) is 0 Å². The van der Waals surface area contributed by atoms with Crippen LogP contribution in [0.5, 0.6) is 0 Å². The molecule has 1 atom stereocenters. The fourth-order valence-electron chi connectivity index (χ4n) is 2.40. The molecule has 0 amide bonds. The molecule has 1 fully saturated rings. The van der Waals surface area contributed by atoms with Crippen molar-refractivity contribution in [2.75, 3.05) is 6.54 Å². The maximum absolute atomic E-state index is 8.36. The second-order valence-corrected chi connectivity index (χ2v) is 5.48. The van der Waals surface area contributed by atoms with Crippen molar-refractivity contribution in [3.8, 4) is 0 Å². The normalized spacial score (nSPS) is 18.0.